The number of aryl methyl sites for hydroxylation is 2. The van der Waals surface area contributed by atoms with E-state index in [9.17, 15) is 4.79 Å². The van der Waals surface area contributed by atoms with Gasteiger partial charge in [-0.05, 0) is 47.7 Å². The standard InChI is InChI=1S/C20H15N3OS/c24-20-22-16-7-5-12(10-18(16)23-20)9-15-14-4-2-1-3-13(14)6-8-17-19(15)25-11-21-17/h1-5,7,9-11H,6,8H2,(H2,22,23,24). The van der Waals surface area contributed by atoms with Crippen molar-refractivity contribution < 1.29 is 0 Å². The SMILES string of the molecule is O=c1[nH]c2ccc(C=C3c4ccccc4CCc4ncsc43)cc2[nH]1. The molecule has 25 heavy (non-hydrogen) atoms. The van der Waals surface area contributed by atoms with Crippen molar-refractivity contribution in [2.45, 2.75) is 12.8 Å². The molecule has 4 aromatic rings. The largest absolute Gasteiger partial charge is 0.323 e. The van der Waals surface area contributed by atoms with Crippen LogP contribution in [0.4, 0.5) is 0 Å². The molecule has 0 fully saturated rings. The number of hydrogen-bond acceptors (Lipinski definition) is 3. The van der Waals surface area contributed by atoms with Crippen LogP contribution < -0.4 is 5.69 Å². The van der Waals surface area contributed by atoms with Crippen molar-refractivity contribution in [3.05, 3.63) is 85.7 Å². The Bertz CT molecular complexity index is 1180. The Hall–Kier alpha value is -2.92. The van der Waals surface area contributed by atoms with Crippen molar-refractivity contribution in [2.24, 2.45) is 0 Å². The van der Waals surface area contributed by atoms with Gasteiger partial charge < -0.3 is 9.97 Å². The number of H-pyrrole nitrogens is 2. The van der Waals surface area contributed by atoms with Crippen LogP contribution in [-0.2, 0) is 12.8 Å². The first kappa shape index (κ1) is 14.4. The second-order valence-electron chi connectivity index (χ2n) is 6.23. The molecule has 5 heteroatoms. The Morgan fingerprint density at radius 3 is 2.88 bits per heavy atom. The highest BCUT2D eigenvalue weighted by atomic mass is 32.1. The Balaban J connectivity index is 1.74. The van der Waals surface area contributed by atoms with Crippen molar-refractivity contribution in [1.82, 2.24) is 15.0 Å². The van der Waals surface area contributed by atoms with Gasteiger partial charge in [0.15, 0.2) is 0 Å². The van der Waals surface area contributed by atoms with Gasteiger partial charge in [-0.3, -0.25) is 0 Å². The quantitative estimate of drug-likeness (QED) is 0.548. The number of fused-ring (bicyclic) bond motifs is 3. The van der Waals surface area contributed by atoms with E-state index in [1.54, 1.807) is 11.3 Å². The predicted molar refractivity (Wildman–Crippen MR) is 102 cm³/mol. The monoisotopic (exact) mass is 345 g/mol. The van der Waals surface area contributed by atoms with Gasteiger partial charge in [0.05, 0.1) is 27.1 Å². The zero-order valence-corrected chi connectivity index (χ0v) is 14.2. The Labute approximate surface area is 147 Å². The van der Waals surface area contributed by atoms with Crippen LogP contribution in [0.3, 0.4) is 0 Å². The fourth-order valence-electron chi connectivity index (χ4n) is 3.49. The maximum atomic E-state index is 11.5. The number of nitrogens with zero attached hydrogens (tertiary/aromatic N) is 1. The van der Waals surface area contributed by atoms with Crippen LogP contribution in [0.15, 0.2) is 52.8 Å². The lowest BCUT2D eigenvalue weighted by atomic mass is 9.97. The maximum Gasteiger partial charge on any atom is 0.323 e. The van der Waals surface area contributed by atoms with Gasteiger partial charge in [0.1, 0.15) is 0 Å². The molecule has 0 bridgehead atoms. The highest BCUT2D eigenvalue weighted by Gasteiger charge is 2.20. The fraction of sp³-hybridized carbons (Fsp3) is 0.100. The minimum Gasteiger partial charge on any atom is -0.306 e. The Kier molecular flexibility index (Phi) is 3.21. The lowest BCUT2D eigenvalue weighted by Crippen LogP contribution is -1.99. The molecule has 0 saturated heterocycles. The molecule has 0 unspecified atom stereocenters. The summed E-state index contributed by atoms with van der Waals surface area (Å²) in [6.45, 7) is 0. The number of thiazole rings is 1. The molecule has 1 aliphatic carbocycles. The Morgan fingerprint density at radius 1 is 1.04 bits per heavy atom. The fourth-order valence-corrected chi connectivity index (χ4v) is 4.36. The van der Waals surface area contributed by atoms with Gasteiger partial charge in [-0.25, -0.2) is 9.78 Å². The second kappa shape index (κ2) is 5.57. The zero-order valence-electron chi connectivity index (χ0n) is 13.4. The average molecular weight is 345 g/mol. The van der Waals surface area contributed by atoms with E-state index >= 15 is 0 Å². The van der Waals surface area contributed by atoms with Crippen molar-refractivity contribution >= 4 is 34.0 Å². The van der Waals surface area contributed by atoms with E-state index < -0.39 is 0 Å². The molecule has 0 saturated carbocycles. The summed E-state index contributed by atoms with van der Waals surface area (Å²) in [6.07, 6.45) is 4.18. The molecule has 5 rings (SSSR count). The maximum absolute atomic E-state index is 11.5. The van der Waals surface area contributed by atoms with Gasteiger partial charge in [-0.1, -0.05) is 30.3 Å². The van der Waals surface area contributed by atoms with Crippen LogP contribution in [-0.4, -0.2) is 15.0 Å². The topological polar surface area (TPSA) is 61.5 Å². The summed E-state index contributed by atoms with van der Waals surface area (Å²) in [6, 6.07) is 14.6. The van der Waals surface area contributed by atoms with E-state index in [-0.39, 0.29) is 5.69 Å². The minimum atomic E-state index is -0.177. The molecule has 2 aromatic carbocycles. The van der Waals surface area contributed by atoms with E-state index in [0.29, 0.717) is 0 Å². The van der Waals surface area contributed by atoms with Crippen LogP contribution in [0.5, 0.6) is 0 Å². The molecule has 0 atom stereocenters. The third kappa shape index (κ3) is 2.44. The first-order chi connectivity index (χ1) is 12.3. The summed E-state index contributed by atoms with van der Waals surface area (Å²) in [5.41, 5.74) is 9.48. The molecule has 122 valence electrons. The molecule has 0 spiro atoms. The minimum absolute atomic E-state index is 0.177. The summed E-state index contributed by atoms with van der Waals surface area (Å²) in [7, 11) is 0. The molecule has 0 amide bonds. The second-order valence-corrected chi connectivity index (χ2v) is 7.08. The first-order valence-corrected chi connectivity index (χ1v) is 9.11. The van der Waals surface area contributed by atoms with Gasteiger partial charge in [0.2, 0.25) is 0 Å². The molecule has 0 radical (unpaired) electrons. The van der Waals surface area contributed by atoms with E-state index in [0.717, 1.165) is 29.4 Å². The first-order valence-electron chi connectivity index (χ1n) is 8.23. The van der Waals surface area contributed by atoms with E-state index in [1.807, 2.05) is 23.7 Å². The predicted octanol–water partition coefficient (Wildman–Crippen LogP) is 4.00. The molecule has 1 aliphatic rings. The van der Waals surface area contributed by atoms with Crippen molar-refractivity contribution in [1.29, 1.82) is 0 Å². The third-order valence-electron chi connectivity index (χ3n) is 4.68. The summed E-state index contributed by atoms with van der Waals surface area (Å²) in [4.78, 5) is 22.9. The summed E-state index contributed by atoms with van der Waals surface area (Å²) in [5, 5.41) is 0. The van der Waals surface area contributed by atoms with Gasteiger partial charge in [-0.15, -0.1) is 11.3 Å². The molecular weight excluding hydrogens is 330 g/mol. The number of aromatic amines is 2. The van der Waals surface area contributed by atoms with Crippen molar-refractivity contribution in [2.75, 3.05) is 0 Å². The molecule has 2 heterocycles. The van der Waals surface area contributed by atoms with E-state index in [4.69, 9.17) is 0 Å². The van der Waals surface area contributed by atoms with Crippen molar-refractivity contribution in [3.63, 3.8) is 0 Å². The number of imidazole rings is 1. The zero-order chi connectivity index (χ0) is 16.8. The molecular formula is C20H15N3OS. The van der Waals surface area contributed by atoms with Crippen LogP contribution in [0.1, 0.15) is 27.3 Å². The summed E-state index contributed by atoms with van der Waals surface area (Å²) >= 11 is 1.69. The smallest absolute Gasteiger partial charge is 0.306 e. The van der Waals surface area contributed by atoms with Gasteiger partial charge in [0, 0.05) is 5.57 Å². The molecule has 2 aromatic heterocycles. The normalized spacial score (nSPS) is 15.1. The number of nitrogens with one attached hydrogen (secondary N) is 2. The Morgan fingerprint density at radius 2 is 1.92 bits per heavy atom. The van der Waals surface area contributed by atoms with Gasteiger partial charge in [0.25, 0.3) is 0 Å². The van der Waals surface area contributed by atoms with Crippen molar-refractivity contribution in [3.8, 4) is 0 Å². The molecule has 4 nitrogen and oxygen atoms in total. The number of aromatic nitrogens is 3. The lowest BCUT2D eigenvalue weighted by Gasteiger charge is -2.09. The lowest BCUT2D eigenvalue weighted by molar-refractivity contribution is 0.930. The molecule has 0 aliphatic heterocycles. The van der Waals surface area contributed by atoms with Crippen LogP contribution in [0.2, 0.25) is 0 Å². The van der Waals surface area contributed by atoms with Crippen LogP contribution >= 0.6 is 11.3 Å². The third-order valence-corrected chi connectivity index (χ3v) is 5.58. The highest BCUT2D eigenvalue weighted by Crippen LogP contribution is 2.36. The summed E-state index contributed by atoms with van der Waals surface area (Å²) < 4.78 is 0. The van der Waals surface area contributed by atoms with Crippen LogP contribution in [0, 0.1) is 0 Å². The van der Waals surface area contributed by atoms with E-state index in [2.05, 4.69) is 45.3 Å². The van der Waals surface area contributed by atoms with Gasteiger partial charge in [-0.2, -0.15) is 0 Å². The number of rotatable bonds is 1. The molecule has 2 N–H and O–H groups in total. The van der Waals surface area contributed by atoms with E-state index in [1.165, 1.54) is 27.3 Å². The van der Waals surface area contributed by atoms with Crippen LogP contribution in [0.25, 0.3) is 22.7 Å². The number of hydrogen-bond donors (Lipinski definition) is 2. The average Bonchev–Trinajstić information content (AvgIpc) is 3.20. The van der Waals surface area contributed by atoms with Gasteiger partial charge >= 0.3 is 5.69 Å². The summed E-state index contributed by atoms with van der Waals surface area (Å²) in [5.74, 6) is 0. The highest BCUT2D eigenvalue weighted by molar-refractivity contribution is 7.11. The number of benzene rings is 2.